The van der Waals surface area contributed by atoms with E-state index in [2.05, 4.69) is 20.6 Å². The molecule has 0 spiro atoms. The maximum atomic E-state index is 11.1. The quantitative estimate of drug-likeness (QED) is 0.0549. The fourth-order valence-corrected chi connectivity index (χ4v) is 7.32. The van der Waals surface area contributed by atoms with Crippen molar-refractivity contribution in [2.75, 3.05) is 33.0 Å². The van der Waals surface area contributed by atoms with Gasteiger partial charge in [-0.05, 0) is 6.42 Å². The Bertz CT molecular complexity index is 1660. The lowest BCUT2D eigenvalue weighted by Crippen LogP contribution is -2.66. The van der Waals surface area contributed by atoms with Gasteiger partial charge in [-0.2, -0.15) is 0 Å². The largest absolute Gasteiger partial charge is 0.394 e. The molecule has 6 heterocycles. The molecule has 0 aliphatic carbocycles. The molecule has 20 atom stereocenters. The molecule has 0 saturated carbocycles. The minimum atomic E-state index is -2.00. The van der Waals surface area contributed by atoms with Crippen LogP contribution in [0.1, 0.15) is 24.7 Å². The number of aliphatic hydroxyl groups is 13. The lowest BCUT2D eigenvalue weighted by atomic mass is 9.96. The van der Waals surface area contributed by atoms with Gasteiger partial charge in [0.1, 0.15) is 109 Å². The third-order valence-electron chi connectivity index (χ3n) is 10.9. The van der Waals surface area contributed by atoms with Crippen molar-refractivity contribution in [1.29, 1.82) is 0 Å². The number of hydrogen-bond donors (Lipinski definition) is 13. The summed E-state index contributed by atoms with van der Waals surface area (Å²) in [7, 11) is 0. The molecule has 6 unspecified atom stereocenters. The van der Waals surface area contributed by atoms with E-state index in [9.17, 15) is 66.4 Å². The van der Waals surface area contributed by atoms with Gasteiger partial charge in [-0.1, -0.05) is 17.4 Å². The Labute approximate surface area is 358 Å². The van der Waals surface area contributed by atoms with Crippen molar-refractivity contribution < 1.29 is 109 Å². The van der Waals surface area contributed by atoms with Gasteiger partial charge >= 0.3 is 0 Å². The summed E-state index contributed by atoms with van der Waals surface area (Å²) in [5, 5.41) is 152. The van der Waals surface area contributed by atoms with Crippen LogP contribution >= 0.6 is 0 Å². The van der Waals surface area contributed by atoms with E-state index in [-0.39, 0.29) is 25.5 Å². The summed E-state index contributed by atoms with van der Waals surface area (Å²) < 4.78 is 53.1. The third kappa shape index (κ3) is 11.7. The van der Waals surface area contributed by atoms with Gasteiger partial charge in [0.2, 0.25) is 0 Å². The first kappa shape index (κ1) is 49.8. The summed E-state index contributed by atoms with van der Waals surface area (Å²) in [6, 6.07) is 0. The smallest absolute Gasteiger partial charge is 0.187 e. The molecule has 2 aromatic heterocycles. The Hall–Kier alpha value is -2.60. The van der Waals surface area contributed by atoms with Crippen molar-refractivity contribution in [3.8, 4) is 0 Å². The fraction of sp³-hybridized carbons (Fsp3) is 0.886. The van der Waals surface area contributed by atoms with Crippen LogP contribution in [0.5, 0.6) is 0 Å². The summed E-state index contributed by atoms with van der Waals surface area (Å²) in [5.74, 6) is 0. The summed E-state index contributed by atoms with van der Waals surface area (Å²) in [4.78, 5) is 0. The first-order valence-corrected chi connectivity index (χ1v) is 20.3. The molecule has 28 heteroatoms. The van der Waals surface area contributed by atoms with Gasteiger partial charge in [-0.15, -0.1) is 10.2 Å². The second-order valence-corrected chi connectivity index (χ2v) is 15.5. The topological polar surface area (TPSA) is 407 Å². The minimum Gasteiger partial charge on any atom is -0.394 e. The van der Waals surface area contributed by atoms with E-state index in [0.717, 1.165) is 6.42 Å². The average molecular weight is 915 g/mol. The number of aromatic nitrogens is 6. The van der Waals surface area contributed by atoms with Crippen LogP contribution in [0, 0.1) is 0 Å². The van der Waals surface area contributed by atoms with E-state index in [0.29, 0.717) is 25.5 Å². The van der Waals surface area contributed by atoms with Gasteiger partial charge in [-0.3, -0.25) is 0 Å². The summed E-state index contributed by atoms with van der Waals surface area (Å²) in [6.45, 7) is 0.339. The molecule has 4 saturated heterocycles. The van der Waals surface area contributed by atoms with Crippen LogP contribution < -0.4 is 0 Å². The maximum absolute atomic E-state index is 11.1. The molecule has 28 nitrogen and oxygen atoms in total. The third-order valence-corrected chi connectivity index (χ3v) is 10.9. The maximum Gasteiger partial charge on any atom is 0.187 e. The van der Waals surface area contributed by atoms with Crippen LogP contribution in [0.15, 0.2) is 12.4 Å². The highest BCUT2D eigenvalue weighted by molar-refractivity contribution is 4.98. The molecule has 13 N–H and O–H groups in total. The standard InChI is InChI=1S/C35H58N6O22/c1-2-4-55-5-3-40-6-14(36-38-40)12-56-32-26(51)22(47)20(45)16(58-32)8-41-7-15(37-39-41)13-57-33-28(53)24(49)30(18(10-43)60-33)63-35-29(54)25(50)31(19(11-44)61-35)62-34-27(52)23(48)21(46)17(9-42)59-34/h6-7,16-35,42-54H,2-5,8-13H2,1H3/t16-,17?,18?,19?,20+,21-,22+,23+,24-,25-,26+,27?,28?,29?,30-,31-,32-,33-,34-,35-/m1/s1. The molecule has 0 bridgehead atoms. The molecule has 360 valence electrons. The van der Waals surface area contributed by atoms with Gasteiger partial charge in [0, 0.05) is 6.61 Å². The molecule has 4 aliphatic rings. The monoisotopic (exact) mass is 914 g/mol. The van der Waals surface area contributed by atoms with Gasteiger partial charge < -0.3 is 109 Å². The second-order valence-electron chi connectivity index (χ2n) is 15.5. The average Bonchev–Trinajstić information content (AvgIpc) is 3.94. The van der Waals surface area contributed by atoms with Gasteiger partial charge in [0.15, 0.2) is 25.2 Å². The number of nitrogens with zero attached hydrogens (tertiary/aromatic N) is 6. The van der Waals surface area contributed by atoms with Crippen LogP contribution in [-0.4, -0.2) is 252 Å². The van der Waals surface area contributed by atoms with E-state index >= 15 is 0 Å². The Balaban J connectivity index is 0.994. The van der Waals surface area contributed by atoms with E-state index in [1.165, 1.54) is 10.9 Å². The lowest BCUT2D eigenvalue weighted by Gasteiger charge is -2.48. The Morgan fingerprint density at radius 1 is 0.508 bits per heavy atom. The summed E-state index contributed by atoms with van der Waals surface area (Å²) in [5.41, 5.74) is 0.573. The van der Waals surface area contributed by atoms with Crippen LogP contribution in [-0.2, 0) is 68.9 Å². The molecule has 4 aliphatic heterocycles. The van der Waals surface area contributed by atoms with Gasteiger partial charge in [0.05, 0.1) is 65.1 Å². The first-order chi connectivity index (χ1) is 30.2. The number of hydrogen-bond acceptors (Lipinski definition) is 26. The predicted molar refractivity (Wildman–Crippen MR) is 196 cm³/mol. The SMILES string of the molecule is CCCOCCn1cc(CO[C@@H]2O[C@H](Cn3cc(CO[C@@H]4OC(CO)[C@@H](O[C@H]5OC(CO)[C@@H](O[C@H]6OC(CO)[C@@H](O)[C@H](O)C6O)[C@H](O)C5O)[C@H](O)C4O)nn3)[C@H](O)[C@H](O)[C@@H]2O)nn1. The minimum absolute atomic E-state index is 0.137. The highest BCUT2D eigenvalue weighted by Crippen LogP contribution is 2.33. The van der Waals surface area contributed by atoms with Gasteiger partial charge in [-0.25, -0.2) is 9.36 Å². The normalized spacial score (nSPS) is 41.2. The van der Waals surface area contributed by atoms with Crippen molar-refractivity contribution in [2.45, 2.75) is 162 Å². The highest BCUT2D eigenvalue weighted by Gasteiger charge is 2.54. The predicted octanol–water partition coefficient (Wildman–Crippen LogP) is -8.71. The Kier molecular flexibility index (Phi) is 18.0. The molecular weight excluding hydrogens is 856 g/mol. The molecule has 0 amide bonds. The Morgan fingerprint density at radius 2 is 0.937 bits per heavy atom. The van der Waals surface area contributed by atoms with Crippen LogP contribution in [0.3, 0.4) is 0 Å². The zero-order chi connectivity index (χ0) is 45.5. The molecule has 63 heavy (non-hydrogen) atoms. The van der Waals surface area contributed by atoms with Crippen LogP contribution in [0.4, 0.5) is 0 Å². The number of aliphatic hydroxyl groups excluding tert-OH is 13. The Morgan fingerprint density at radius 3 is 1.48 bits per heavy atom. The van der Waals surface area contributed by atoms with Crippen molar-refractivity contribution in [3.63, 3.8) is 0 Å². The van der Waals surface area contributed by atoms with E-state index < -0.39 is 143 Å². The van der Waals surface area contributed by atoms with E-state index in [1.807, 2.05) is 6.92 Å². The van der Waals surface area contributed by atoms with E-state index in [1.54, 1.807) is 10.9 Å². The number of ether oxygens (including phenoxy) is 9. The molecular formula is C35H58N6O22. The summed E-state index contributed by atoms with van der Waals surface area (Å²) in [6.07, 6.45) is -29.3. The number of rotatable bonds is 20. The highest BCUT2D eigenvalue weighted by atomic mass is 16.8. The van der Waals surface area contributed by atoms with E-state index in [4.69, 9.17) is 42.6 Å². The lowest BCUT2D eigenvalue weighted by molar-refractivity contribution is -0.379. The zero-order valence-corrected chi connectivity index (χ0v) is 33.9. The van der Waals surface area contributed by atoms with Crippen LogP contribution in [0.25, 0.3) is 0 Å². The second kappa shape index (κ2) is 22.7. The summed E-state index contributed by atoms with van der Waals surface area (Å²) >= 11 is 0. The van der Waals surface area contributed by atoms with Gasteiger partial charge in [0.25, 0.3) is 0 Å². The molecule has 0 radical (unpaired) electrons. The zero-order valence-electron chi connectivity index (χ0n) is 33.9. The molecule has 2 aromatic rings. The van der Waals surface area contributed by atoms with Crippen LogP contribution in [0.2, 0.25) is 0 Å². The molecule has 6 rings (SSSR count). The van der Waals surface area contributed by atoms with Crippen molar-refractivity contribution >= 4 is 0 Å². The van der Waals surface area contributed by atoms with Crippen molar-refractivity contribution in [3.05, 3.63) is 23.8 Å². The first-order valence-electron chi connectivity index (χ1n) is 20.3. The molecule has 0 aromatic carbocycles. The van der Waals surface area contributed by atoms with Crippen molar-refractivity contribution in [1.82, 2.24) is 30.0 Å². The van der Waals surface area contributed by atoms with Crippen molar-refractivity contribution in [2.24, 2.45) is 0 Å². The molecule has 4 fully saturated rings. The fourth-order valence-electron chi connectivity index (χ4n) is 7.32.